The summed E-state index contributed by atoms with van der Waals surface area (Å²) < 4.78 is 5.83. The quantitative estimate of drug-likeness (QED) is 0.847. The maximum Gasteiger partial charge on any atom is 0.317 e. The number of carbonyl (C=O) groups excluding carboxylic acids is 1. The summed E-state index contributed by atoms with van der Waals surface area (Å²) in [6.45, 7) is 9.34. The van der Waals surface area contributed by atoms with Gasteiger partial charge in [0.05, 0.1) is 6.61 Å². The molecule has 1 fully saturated rings. The van der Waals surface area contributed by atoms with Gasteiger partial charge in [0, 0.05) is 19.6 Å². The van der Waals surface area contributed by atoms with Gasteiger partial charge in [0.25, 0.3) is 0 Å². The molecule has 1 aromatic carbocycles. The first-order valence-electron chi connectivity index (χ1n) is 7.79. The first-order chi connectivity index (χ1) is 10.1. The second-order valence-electron chi connectivity index (χ2n) is 5.99. The van der Waals surface area contributed by atoms with Crippen molar-refractivity contribution in [1.29, 1.82) is 0 Å². The molecule has 0 saturated carbocycles. The third kappa shape index (κ3) is 4.38. The number of ether oxygens (including phenoxy) is 1. The number of amides is 2. The predicted molar refractivity (Wildman–Crippen MR) is 84.8 cm³/mol. The van der Waals surface area contributed by atoms with Crippen molar-refractivity contribution in [2.75, 3.05) is 26.2 Å². The highest BCUT2D eigenvalue weighted by atomic mass is 16.5. The standard InChI is InChI=1S/C17H26N2O2/c1-13-8-10-19(12-13)17(20)18-9-5-11-21-16-14(2)6-4-7-15(16)3/h4,6-7,13H,5,8-12H2,1-3H3,(H,18,20). The molecule has 0 radical (unpaired) electrons. The Hall–Kier alpha value is -1.71. The van der Waals surface area contributed by atoms with E-state index in [2.05, 4.69) is 38.2 Å². The number of nitrogens with one attached hydrogen (secondary N) is 1. The van der Waals surface area contributed by atoms with Gasteiger partial charge in [-0.15, -0.1) is 0 Å². The van der Waals surface area contributed by atoms with Crippen molar-refractivity contribution in [3.05, 3.63) is 29.3 Å². The number of nitrogens with zero attached hydrogens (tertiary/aromatic N) is 1. The lowest BCUT2D eigenvalue weighted by molar-refractivity contribution is 0.206. The van der Waals surface area contributed by atoms with Crippen LogP contribution >= 0.6 is 0 Å². The summed E-state index contributed by atoms with van der Waals surface area (Å²) in [4.78, 5) is 13.8. The van der Waals surface area contributed by atoms with Crippen LogP contribution in [-0.2, 0) is 0 Å². The highest BCUT2D eigenvalue weighted by molar-refractivity contribution is 5.74. The maximum atomic E-state index is 11.9. The number of rotatable bonds is 5. The van der Waals surface area contributed by atoms with Crippen LogP contribution in [0.25, 0.3) is 0 Å². The third-order valence-corrected chi connectivity index (χ3v) is 3.96. The Kier molecular flexibility index (Phi) is 5.48. The van der Waals surface area contributed by atoms with Gasteiger partial charge < -0.3 is 15.0 Å². The average Bonchev–Trinajstić information content (AvgIpc) is 2.88. The zero-order valence-electron chi connectivity index (χ0n) is 13.3. The predicted octanol–water partition coefficient (Wildman–Crippen LogP) is 3.12. The van der Waals surface area contributed by atoms with Gasteiger partial charge in [-0.25, -0.2) is 4.79 Å². The van der Waals surface area contributed by atoms with E-state index < -0.39 is 0 Å². The zero-order valence-corrected chi connectivity index (χ0v) is 13.3. The molecule has 116 valence electrons. The van der Waals surface area contributed by atoms with Crippen LogP contribution in [-0.4, -0.2) is 37.2 Å². The Labute approximate surface area is 127 Å². The minimum atomic E-state index is 0.0615. The number of likely N-dealkylation sites (tertiary alicyclic amines) is 1. The lowest BCUT2D eigenvalue weighted by atomic mass is 10.1. The summed E-state index contributed by atoms with van der Waals surface area (Å²) in [5, 5.41) is 2.97. The van der Waals surface area contributed by atoms with Crippen LogP contribution in [0.5, 0.6) is 5.75 Å². The zero-order chi connectivity index (χ0) is 15.2. The van der Waals surface area contributed by atoms with Gasteiger partial charge in [0.1, 0.15) is 5.75 Å². The fourth-order valence-electron chi connectivity index (χ4n) is 2.70. The average molecular weight is 290 g/mol. The molecule has 0 aromatic heterocycles. The fourth-order valence-corrected chi connectivity index (χ4v) is 2.70. The van der Waals surface area contributed by atoms with Crippen LogP contribution < -0.4 is 10.1 Å². The molecule has 21 heavy (non-hydrogen) atoms. The van der Waals surface area contributed by atoms with Crippen molar-refractivity contribution in [2.24, 2.45) is 5.92 Å². The summed E-state index contributed by atoms with van der Waals surface area (Å²) >= 11 is 0. The van der Waals surface area contributed by atoms with E-state index in [1.807, 2.05) is 11.0 Å². The molecule has 1 aromatic rings. The van der Waals surface area contributed by atoms with E-state index in [9.17, 15) is 4.79 Å². The van der Waals surface area contributed by atoms with Crippen LogP contribution in [0.3, 0.4) is 0 Å². The SMILES string of the molecule is Cc1cccc(C)c1OCCCNC(=O)N1CCC(C)C1. The summed E-state index contributed by atoms with van der Waals surface area (Å²) in [5.41, 5.74) is 2.31. The van der Waals surface area contributed by atoms with E-state index in [1.165, 1.54) is 0 Å². The first-order valence-corrected chi connectivity index (χ1v) is 7.79. The Balaban J connectivity index is 1.65. The van der Waals surface area contributed by atoms with Crippen molar-refractivity contribution >= 4 is 6.03 Å². The smallest absolute Gasteiger partial charge is 0.317 e. The second kappa shape index (κ2) is 7.34. The monoisotopic (exact) mass is 290 g/mol. The summed E-state index contributed by atoms with van der Waals surface area (Å²) in [5.74, 6) is 1.60. The van der Waals surface area contributed by atoms with Crippen molar-refractivity contribution in [1.82, 2.24) is 10.2 Å². The number of aryl methyl sites for hydroxylation is 2. The largest absolute Gasteiger partial charge is 0.493 e. The fraction of sp³-hybridized carbons (Fsp3) is 0.588. The number of para-hydroxylation sites is 1. The molecule has 2 rings (SSSR count). The van der Waals surface area contributed by atoms with Gasteiger partial charge >= 0.3 is 6.03 Å². The molecule has 0 aliphatic carbocycles. The number of carbonyl (C=O) groups is 1. The number of urea groups is 1. The van der Waals surface area contributed by atoms with Crippen LogP contribution in [0.15, 0.2) is 18.2 Å². The van der Waals surface area contributed by atoms with Crippen LogP contribution in [0.4, 0.5) is 4.79 Å². The number of hydrogen-bond donors (Lipinski definition) is 1. The third-order valence-electron chi connectivity index (χ3n) is 3.96. The van der Waals surface area contributed by atoms with Crippen molar-refractivity contribution < 1.29 is 9.53 Å². The summed E-state index contributed by atoms with van der Waals surface area (Å²) in [7, 11) is 0. The Morgan fingerprint density at radius 3 is 2.71 bits per heavy atom. The molecule has 1 heterocycles. The number of hydrogen-bond acceptors (Lipinski definition) is 2. The molecule has 1 saturated heterocycles. The van der Waals surface area contributed by atoms with Gasteiger partial charge in [0.15, 0.2) is 0 Å². The molecule has 1 aliphatic rings. The van der Waals surface area contributed by atoms with Crippen LogP contribution in [0.2, 0.25) is 0 Å². The summed E-state index contributed by atoms with van der Waals surface area (Å²) in [6, 6.07) is 6.21. The van der Waals surface area contributed by atoms with Gasteiger partial charge in [-0.3, -0.25) is 0 Å². The van der Waals surface area contributed by atoms with E-state index in [4.69, 9.17) is 4.74 Å². The molecular formula is C17H26N2O2. The molecule has 0 spiro atoms. The molecular weight excluding hydrogens is 264 g/mol. The van der Waals surface area contributed by atoms with Gasteiger partial charge in [-0.05, 0) is 43.7 Å². The van der Waals surface area contributed by atoms with E-state index in [0.29, 0.717) is 19.1 Å². The van der Waals surface area contributed by atoms with E-state index in [1.54, 1.807) is 0 Å². The molecule has 4 nitrogen and oxygen atoms in total. The molecule has 1 atom stereocenters. The minimum Gasteiger partial charge on any atom is -0.493 e. The van der Waals surface area contributed by atoms with Gasteiger partial charge in [-0.1, -0.05) is 25.1 Å². The molecule has 4 heteroatoms. The Morgan fingerprint density at radius 2 is 2.10 bits per heavy atom. The minimum absolute atomic E-state index is 0.0615. The van der Waals surface area contributed by atoms with Crippen molar-refractivity contribution in [2.45, 2.75) is 33.6 Å². The van der Waals surface area contributed by atoms with Crippen molar-refractivity contribution in [3.63, 3.8) is 0 Å². The summed E-state index contributed by atoms with van der Waals surface area (Å²) in [6.07, 6.45) is 1.94. The highest BCUT2D eigenvalue weighted by Gasteiger charge is 2.22. The topological polar surface area (TPSA) is 41.6 Å². The van der Waals surface area contributed by atoms with Gasteiger partial charge in [0.2, 0.25) is 0 Å². The molecule has 1 unspecified atom stereocenters. The van der Waals surface area contributed by atoms with E-state index >= 15 is 0 Å². The van der Waals surface area contributed by atoms with Crippen molar-refractivity contribution in [3.8, 4) is 5.75 Å². The highest BCUT2D eigenvalue weighted by Crippen LogP contribution is 2.22. The lowest BCUT2D eigenvalue weighted by Gasteiger charge is -2.17. The normalized spacial score (nSPS) is 17.9. The van der Waals surface area contributed by atoms with Crippen LogP contribution in [0, 0.1) is 19.8 Å². The van der Waals surface area contributed by atoms with E-state index in [-0.39, 0.29) is 6.03 Å². The lowest BCUT2D eigenvalue weighted by Crippen LogP contribution is -2.39. The Bertz CT molecular complexity index is 467. The first kappa shape index (κ1) is 15.7. The number of benzene rings is 1. The molecule has 1 aliphatic heterocycles. The Morgan fingerprint density at radius 1 is 1.38 bits per heavy atom. The second-order valence-corrected chi connectivity index (χ2v) is 5.99. The van der Waals surface area contributed by atoms with E-state index in [0.717, 1.165) is 42.8 Å². The molecule has 2 amide bonds. The van der Waals surface area contributed by atoms with Crippen LogP contribution in [0.1, 0.15) is 30.9 Å². The maximum absolute atomic E-state index is 11.9. The molecule has 1 N–H and O–H groups in total. The van der Waals surface area contributed by atoms with Gasteiger partial charge in [-0.2, -0.15) is 0 Å². The molecule has 0 bridgehead atoms.